The molecule has 0 spiro atoms. The maximum Gasteiger partial charge on any atom is 0.411 e. The molecule has 0 radical (unpaired) electrons. The molecule has 0 atom stereocenters. The normalized spacial score (nSPS) is 9.87. The van der Waals surface area contributed by atoms with Crippen molar-refractivity contribution in [3.05, 3.63) is 12.4 Å². The van der Waals surface area contributed by atoms with E-state index in [4.69, 9.17) is 9.47 Å². The van der Waals surface area contributed by atoms with Crippen molar-refractivity contribution < 1.29 is 14.3 Å². The molecule has 0 saturated carbocycles. The minimum absolute atomic E-state index is 0.163. The Balaban J connectivity index is 2.53. The van der Waals surface area contributed by atoms with Gasteiger partial charge in [-0.05, 0) is 13.8 Å². The van der Waals surface area contributed by atoms with Crippen LogP contribution in [0.2, 0.25) is 0 Å². The molecule has 0 unspecified atom stereocenters. The molecular weight excluding hydrogens is 198 g/mol. The Bertz CT molecular complexity index is 324. The van der Waals surface area contributed by atoms with E-state index in [9.17, 15) is 4.79 Å². The molecule has 0 aliphatic heterocycles. The third kappa shape index (κ3) is 3.80. The van der Waals surface area contributed by atoms with Crippen LogP contribution in [0, 0.1) is 0 Å². The van der Waals surface area contributed by atoms with Gasteiger partial charge in [0.1, 0.15) is 0 Å². The van der Waals surface area contributed by atoms with E-state index in [0.29, 0.717) is 5.69 Å². The van der Waals surface area contributed by atoms with Crippen LogP contribution in [-0.2, 0) is 4.74 Å². The van der Waals surface area contributed by atoms with Gasteiger partial charge in [-0.1, -0.05) is 0 Å². The molecule has 1 aromatic heterocycles. The van der Waals surface area contributed by atoms with E-state index in [0.717, 1.165) is 0 Å². The van der Waals surface area contributed by atoms with Crippen LogP contribution in [0.5, 0.6) is 6.01 Å². The van der Waals surface area contributed by atoms with E-state index in [2.05, 4.69) is 15.3 Å². The molecule has 0 bridgehead atoms. The van der Waals surface area contributed by atoms with Crippen LogP contribution >= 0.6 is 0 Å². The fourth-order valence-corrected chi connectivity index (χ4v) is 0.848. The number of nitrogens with one attached hydrogen (secondary N) is 1. The van der Waals surface area contributed by atoms with Crippen molar-refractivity contribution in [1.82, 2.24) is 9.97 Å². The molecule has 0 aliphatic carbocycles. The van der Waals surface area contributed by atoms with Gasteiger partial charge in [-0.2, -0.15) is 0 Å². The fourth-order valence-electron chi connectivity index (χ4n) is 0.848. The predicted octanol–water partition coefficient (Wildman–Crippen LogP) is 1.44. The molecule has 1 aromatic rings. The third-order valence-electron chi connectivity index (χ3n) is 1.40. The van der Waals surface area contributed by atoms with Gasteiger partial charge in [0.2, 0.25) is 0 Å². The maximum absolute atomic E-state index is 11.2. The maximum atomic E-state index is 11.2. The Labute approximate surface area is 87.6 Å². The van der Waals surface area contributed by atoms with E-state index >= 15 is 0 Å². The number of hydrogen-bond acceptors (Lipinski definition) is 5. The van der Waals surface area contributed by atoms with Crippen molar-refractivity contribution in [2.45, 2.75) is 20.0 Å². The summed E-state index contributed by atoms with van der Waals surface area (Å²) in [5.74, 6) is 0. The van der Waals surface area contributed by atoms with Crippen LogP contribution in [0.1, 0.15) is 13.8 Å². The Morgan fingerprint density at radius 3 is 2.47 bits per heavy atom. The molecule has 6 nitrogen and oxygen atoms in total. The molecule has 0 saturated heterocycles. The lowest BCUT2D eigenvalue weighted by Crippen LogP contribution is -2.18. The smallest absolute Gasteiger partial charge is 0.411 e. The van der Waals surface area contributed by atoms with Crippen LogP contribution in [-0.4, -0.2) is 29.3 Å². The lowest BCUT2D eigenvalue weighted by atomic mass is 10.5. The number of ether oxygens (including phenoxy) is 2. The van der Waals surface area contributed by atoms with Crippen molar-refractivity contribution in [1.29, 1.82) is 0 Å². The van der Waals surface area contributed by atoms with Crippen molar-refractivity contribution in [2.75, 3.05) is 12.4 Å². The van der Waals surface area contributed by atoms with Crippen molar-refractivity contribution >= 4 is 11.8 Å². The molecule has 0 fully saturated rings. The molecular formula is C9H13N3O3. The number of anilines is 1. The second-order valence-corrected chi connectivity index (χ2v) is 3.04. The van der Waals surface area contributed by atoms with Gasteiger partial charge >= 0.3 is 12.1 Å². The Kier molecular flexibility index (Phi) is 3.84. The molecule has 1 rings (SSSR count). The molecule has 1 heterocycles. The van der Waals surface area contributed by atoms with Gasteiger partial charge < -0.3 is 9.47 Å². The second kappa shape index (κ2) is 5.14. The molecule has 1 amide bonds. The van der Waals surface area contributed by atoms with Crippen LogP contribution in [0.4, 0.5) is 10.5 Å². The van der Waals surface area contributed by atoms with E-state index in [1.54, 1.807) is 13.8 Å². The average Bonchev–Trinajstić information content (AvgIpc) is 2.17. The quantitative estimate of drug-likeness (QED) is 0.818. The summed E-state index contributed by atoms with van der Waals surface area (Å²) >= 11 is 0. The lowest BCUT2D eigenvalue weighted by Gasteiger charge is -2.08. The van der Waals surface area contributed by atoms with Gasteiger partial charge in [0.25, 0.3) is 0 Å². The first-order chi connectivity index (χ1) is 7.11. The first-order valence-corrected chi connectivity index (χ1v) is 4.45. The first-order valence-electron chi connectivity index (χ1n) is 4.45. The summed E-state index contributed by atoms with van der Waals surface area (Å²) in [7, 11) is 1.47. The SMILES string of the molecule is COc1ncc(NC(=O)OC(C)C)cn1. The highest BCUT2D eigenvalue weighted by Crippen LogP contribution is 2.07. The summed E-state index contributed by atoms with van der Waals surface area (Å²) in [6, 6.07) is 0.248. The number of hydrogen-bond donors (Lipinski definition) is 1. The number of nitrogens with zero attached hydrogens (tertiary/aromatic N) is 2. The van der Waals surface area contributed by atoms with Gasteiger partial charge in [-0.25, -0.2) is 14.8 Å². The topological polar surface area (TPSA) is 73.3 Å². The van der Waals surface area contributed by atoms with Crippen molar-refractivity contribution in [3.63, 3.8) is 0 Å². The minimum Gasteiger partial charge on any atom is -0.467 e. The molecule has 15 heavy (non-hydrogen) atoms. The summed E-state index contributed by atoms with van der Waals surface area (Å²) in [6.45, 7) is 3.54. The van der Waals surface area contributed by atoms with Crippen LogP contribution in [0.15, 0.2) is 12.4 Å². The average molecular weight is 211 g/mol. The predicted molar refractivity (Wildman–Crippen MR) is 53.8 cm³/mol. The first kappa shape index (κ1) is 11.2. The van der Waals surface area contributed by atoms with Crippen molar-refractivity contribution in [3.8, 4) is 6.01 Å². The summed E-state index contributed by atoms with van der Waals surface area (Å²) < 4.78 is 9.65. The third-order valence-corrected chi connectivity index (χ3v) is 1.40. The van der Waals surface area contributed by atoms with E-state index in [-0.39, 0.29) is 12.1 Å². The largest absolute Gasteiger partial charge is 0.467 e. The van der Waals surface area contributed by atoms with Crippen LogP contribution in [0.25, 0.3) is 0 Å². The minimum atomic E-state index is -0.529. The Morgan fingerprint density at radius 1 is 1.40 bits per heavy atom. The Morgan fingerprint density at radius 2 is 2.00 bits per heavy atom. The van der Waals surface area contributed by atoms with Crippen LogP contribution in [0.3, 0.4) is 0 Å². The van der Waals surface area contributed by atoms with E-state index < -0.39 is 6.09 Å². The highest BCUT2D eigenvalue weighted by Gasteiger charge is 2.05. The number of carbonyl (C=O) groups is 1. The summed E-state index contributed by atoms with van der Waals surface area (Å²) in [6.07, 6.45) is 2.18. The van der Waals surface area contributed by atoms with Gasteiger partial charge in [0.05, 0.1) is 31.3 Å². The van der Waals surface area contributed by atoms with Gasteiger partial charge in [-0.15, -0.1) is 0 Å². The zero-order valence-corrected chi connectivity index (χ0v) is 8.85. The highest BCUT2D eigenvalue weighted by atomic mass is 16.6. The van der Waals surface area contributed by atoms with Gasteiger partial charge in [0.15, 0.2) is 0 Å². The molecule has 0 aromatic carbocycles. The lowest BCUT2D eigenvalue weighted by molar-refractivity contribution is 0.130. The summed E-state index contributed by atoms with van der Waals surface area (Å²) in [5.41, 5.74) is 0.460. The standard InChI is InChI=1S/C9H13N3O3/c1-6(2)15-9(13)12-7-4-10-8(14-3)11-5-7/h4-6H,1-3H3,(H,12,13). The zero-order chi connectivity index (χ0) is 11.3. The molecule has 1 N–H and O–H groups in total. The fraction of sp³-hybridized carbons (Fsp3) is 0.444. The monoisotopic (exact) mass is 211 g/mol. The summed E-state index contributed by atoms with van der Waals surface area (Å²) in [4.78, 5) is 18.8. The number of rotatable bonds is 3. The van der Waals surface area contributed by atoms with Crippen molar-refractivity contribution in [2.24, 2.45) is 0 Å². The molecule has 82 valence electrons. The zero-order valence-electron chi connectivity index (χ0n) is 8.85. The Hall–Kier alpha value is -1.85. The molecule has 6 heteroatoms. The summed E-state index contributed by atoms with van der Waals surface area (Å²) in [5, 5.41) is 2.48. The number of carbonyl (C=O) groups excluding carboxylic acids is 1. The number of aromatic nitrogens is 2. The molecule has 0 aliphatic rings. The highest BCUT2D eigenvalue weighted by molar-refractivity contribution is 5.84. The number of methoxy groups -OCH3 is 1. The second-order valence-electron chi connectivity index (χ2n) is 3.04. The number of amides is 1. The van der Waals surface area contributed by atoms with Gasteiger partial charge in [-0.3, -0.25) is 5.32 Å². The van der Waals surface area contributed by atoms with Gasteiger partial charge in [0, 0.05) is 0 Å². The van der Waals surface area contributed by atoms with Crippen LogP contribution < -0.4 is 10.1 Å². The van der Waals surface area contributed by atoms with E-state index in [1.807, 2.05) is 0 Å². The van der Waals surface area contributed by atoms with E-state index in [1.165, 1.54) is 19.5 Å².